The molecule has 0 aliphatic carbocycles. The highest BCUT2D eigenvalue weighted by Gasteiger charge is 2.18. The fraction of sp³-hybridized carbons (Fsp3) is 0.692. The predicted octanol–water partition coefficient (Wildman–Crippen LogP) is 2.66. The van der Waals surface area contributed by atoms with Crippen LogP contribution in [-0.4, -0.2) is 35.5 Å². The van der Waals surface area contributed by atoms with E-state index < -0.39 is 0 Å². The van der Waals surface area contributed by atoms with Crippen LogP contribution in [-0.2, 0) is 11.2 Å². The molecule has 18 heavy (non-hydrogen) atoms. The molecule has 2 heterocycles. The topological polar surface area (TPSA) is 47.0 Å². The number of thioether (sulfide) groups is 1. The normalized spacial score (nSPS) is 16.8. The number of anilines is 1. The quantitative estimate of drug-likeness (QED) is 0.850. The van der Waals surface area contributed by atoms with Crippen molar-refractivity contribution in [1.29, 1.82) is 0 Å². The number of nitrogens with zero attached hydrogens (tertiary/aromatic N) is 2. The third kappa shape index (κ3) is 3.14. The number of rotatable bonds is 4. The highest BCUT2D eigenvalue weighted by atomic mass is 32.2. The number of hydrogen-bond acceptors (Lipinski definition) is 5. The summed E-state index contributed by atoms with van der Waals surface area (Å²) in [6.45, 7) is 5.93. The zero-order chi connectivity index (χ0) is 13.0. The average molecular weight is 267 g/mol. The number of hydrogen-bond donors (Lipinski definition) is 1. The lowest BCUT2D eigenvalue weighted by molar-refractivity contribution is 0.1000. The number of aromatic nitrogens is 2. The minimum atomic E-state index is 0.627. The minimum Gasteiger partial charge on any atom is -0.381 e. The van der Waals surface area contributed by atoms with Gasteiger partial charge in [-0.25, -0.2) is 9.97 Å². The molecule has 0 bridgehead atoms. The monoisotopic (exact) mass is 267 g/mol. The molecule has 1 fully saturated rings. The summed E-state index contributed by atoms with van der Waals surface area (Å²) in [6, 6.07) is 0. The minimum absolute atomic E-state index is 0.627. The molecule has 1 aromatic heterocycles. The van der Waals surface area contributed by atoms with Crippen LogP contribution in [0.25, 0.3) is 0 Å². The van der Waals surface area contributed by atoms with E-state index in [0.29, 0.717) is 5.25 Å². The first-order chi connectivity index (χ1) is 8.74. The molecule has 0 atom stereocenters. The Kier molecular flexibility index (Phi) is 4.83. The molecule has 1 aromatic rings. The highest BCUT2D eigenvalue weighted by Crippen LogP contribution is 2.32. The van der Waals surface area contributed by atoms with E-state index in [1.54, 1.807) is 0 Å². The van der Waals surface area contributed by atoms with E-state index in [1.165, 1.54) is 0 Å². The van der Waals surface area contributed by atoms with Gasteiger partial charge < -0.3 is 10.1 Å². The van der Waals surface area contributed by atoms with Gasteiger partial charge in [0.15, 0.2) is 0 Å². The largest absolute Gasteiger partial charge is 0.381 e. The van der Waals surface area contributed by atoms with Crippen molar-refractivity contribution in [3.8, 4) is 0 Å². The van der Waals surface area contributed by atoms with Crippen molar-refractivity contribution in [2.24, 2.45) is 0 Å². The van der Waals surface area contributed by atoms with Gasteiger partial charge in [-0.15, -0.1) is 11.8 Å². The van der Waals surface area contributed by atoms with Crippen molar-refractivity contribution in [1.82, 2.24) is 9.97 Å². The fourth-order valence-electron chi connectivity index (χ4n) is 2.01. The number of nitrogens with one attached hydrogen (secondary N) is 1. The number of aryl methyl sites for hydroxylation is 1. The van der Waals surface area contributed by atoms with Gasteiger partial charge in [-0.05, 0) is 19.8 Å². The maximum atomic E-state index is 5.40. The smallest absolute Gasteiger partial charge is 0.133 e. The van der Waals surface area contributed by atoms with Crippen molar-refractivity contribution < 1.29 is 4.74 Å². The first-order valence-electron chi connectivity index (χ1n) is 6.54. The second kappa shape index (κ2) is 6.38. The Labute approximate surface area is 113 Å². The average Bonchev–Trinajstić information content (AvgIpc) is 2.42. The van der Waals surface area contributed by atoms with Crippen molar-refractivity contribution in [2.45, 2.75) is 43.4 Å². The van der Waals surface area contributed by atoms with E-state index in [9.17, 15) is 0 Å². The molecule has 0 aromatic carbocycles. The lowest BCUT2D eigenvalue weighted by Crippen LogP contribution is -2.18. The van der Waals surface area contributed by atoms with Gasteiger partial charge in [0, 0.05) is 37.5 Å². The predicted molar refractivity (Wildman–Crippen MR) is 75.4 cm³/mol. The summed E-state index contributed by atoms with van der Waals surface area (Å²) in [5, 5.41) is 4.91. The Bertz CT molecular complexity index is 405. The lowest BCUT2D eigenvalue weighted by Gasteiger charge is -2.22. The van der Waals surface area contributed by atoms with Crippen LogP contribution in [0.4, 0.5) is 5.82 Å². The van der Waals surface area contributed by atoms with Gasteiger partial charge in [0.25, 0.3) is 0 Å². The van der Waals surface area contributed by atoms with Crippen molar-refractivity contribution in [3.05, 3.63) is 11.4 Å². The maximum Gasteiger partial charge on any atom is 0.133 e. The molecule has 0 saturated carbocycles. The first-order valence-corrected chi connectivity index (χ1v) is 7.42. The maximum absolute atomic E-state index is 5.40. The van der Waals surface area contributed by atoms with Crippen LogP contribution in [0.1, 0.15) is 31.2 Å². The van der Waals surface area contributed by atoms with Gasteiger partial charge in [0.2, 0.25) is 0 Å². The second-order valence-corrected chi connectivity index (χ2v) is 5.74. The first kappa shape index (κ1) is 13.6. The van der Waals surface area contributed by atoms with E-state index >= 15 is 0 Å². The molecule has 1 N–H and O–H groups in total. The van der Waals surface area contributed by atoms with E-state index in [0.717, 1.165) is 54.7 Å². The Morgan fingerprint density at radius 3 is 2.67 bits per heavy atom. The summed E-state index contributed by atoms with van der Waals surface area (Å²) >= 11 is 1.88. The van der Waals surface area contributed by atoms with Crippen LogP contribution in [0.2, 0.25) is 0 Å². The van der Waals surface area contributed by atoms with Crippen LogP contribution >= 0.6 is 11.8 Å². The molecule has 0 radical (unpaired) electrons. The molecular weight excluding hydrogens is 246 g/mol. The summed E-state index contributed by atoms with van der Waals surface area (Å²) in [6.07, 6.45) is 3.10. The van der Waals surface area contributed by atoms with Crippen LogP contribution < -0.4 is 5.32 Å². The Morgan fingerprint density at radius 1 is 1.33 bits per heavy atom. The molecule has 5 heteroatoms. The third-order valence-electron chi connectivity index (χ3n) is 3.15. The van der Waals surface area contributed by atoms with Crippen LogP contribution in [0, 0.1) is 6.92 Å². The number of ether oxygens (including phenoxy) is 1. The second-order valence-electron chi connectivity index (χ2n) is 4.45. The lowest BCUT2D eigenvalue weighted by atomic mass is 10.2. The van der Waals surface area contributed by atoms with Gasteiger partial charge in [-0.2, -0.15) is 0 Å². The van der Waals surface area contributed by atoms with Gasteiger partial charge in [0.05, 0.1) is 0 Å². The van der Waals surface area contributed by atoms with E-state index in [-0.39, 0.29) is 0 Å². The molecule has 1 saturated heterocycles. The molecular formula is C13H21N3OS. The van der Waals surface area contributed by atoms with Gasteiger partial charge in [-0.1, -0.05) is 6.92 Å². The standard InChI is InChI=1S/C13H21N3OS/c1-4-11-15-12(14-3)9(2)13(16-11)18-10-5-7-17-8-6-10/h10H,4-8H2,1-3H3,(H,14,15,16). The summed E-state index contributed by atoms with van der Waals surface area (Å²) in [4.78, 5) is 9.17. The molecule has 0 amide bonds. The molecule has 1 aliphatic rings. The molecule has 4 nitrogen and oxygen atoms in total. The van der Waals surface area contributed by atoms with Crippen LogP contribution in [0.3, 0.4) is 0 Å². The van der Waals surface area contributed by atoms with Crippen molar-refractivity contribution in [3.63, 3.8) is 0 Å². The summed E-state index contributed by atoms with van der Waals surface area (Å²) in [5.74, 6) is 1.87. The Hall–Kier alpha value is -0.810. The van der Waals surface area contributed by atoms with Gasteiger partial charge in [-0.3, -0.25) is 0 Å². The third-order valence-corrected chi connectivity index (χ3v) is 4.57. The van der Waals surface area contributed by atoms with Crippen LogP contribution in [0.15, 0.2) is 5.03 Å². The van der Waals surface area contributed by atoms with E-state index in [4.69, 9.17) is 4.74 Å². The fourth-order valence-corrected chi connectivity index (χ4v) is 3.18. The van der Waals surface area contributed by atoms with Gasteiger partial charge >= 0.3 is 0 Å². The Balaban J connectivity index is 2.19. The van der Waals surface area contributed by atoms with E-state index in [1.807, 2.05) is 18.8 Å². The van der Waals surface area contributed by atoms with Crippen molar-refractivity contribution in [2.75, 3.05) is 25.6 Å². The summed E-state index contributed by atoms with van der Waals surface area (Å²) in [7, 11) is 1.91. The Morgan fingerprint density at radius 2 is 2.06 bits per heavy atom. The summed E-state index contributed by atoms with van der Waals surface area (Å²) in [5.41, 5.74) is 1.16. The highest BCUT2D eigenvalue weighted by molar-refractivity contribution is 7.99. The molecule has 1 aliphatic heterocycles. The van der Waals surface area contributed by atoms with E-state index in [2.05, 4.69) is 29.1 Å². The molecule has 0 spiro atoms. The zero-order valence-corrected chi connectivity index (χ0v) is 12.1. The molecule has 2 rings (SSSR count). The SMILES string of the molecule is CCc1nc(NC)c(C)c(SC2CCOCC2)n1. The molecule has 100 valence electrons. The van der Waals surface area contributed by atoms with Crippen molar-refractivity contribution >= 4 is 17.6 Å². The summed E-state index contributed by atoms with van der Waals surface area (Å²) < 4.78 is 5.40. The molecule has 0 unspecified atom stereocenters. The van der Waals surface area contributed by atoms with Crippen LogP contribution in [0.5, 0.6) is 0 Å². The zero-order valence-electron chi connectivity index (χ0n) is 11.3. The van der Waals surface area contributed by atoms with Gasteiger partial charge in [0.1, 0.15) is 16.7 Å².